The van der Waals surface area contributed by atoms with Gasteiger partial charge >= 0.3 is 5.97 Å². The van der Waals surface area contributed by atoms with Gasteiger partial charge in [0.25, 0.3) is 0 Å². The van der Waals surface area contributed by atoms with E-state index in [4.69, 9.17) is 5.73 Å². The summed E-state index contributed by atoms with van der Waals surface area (Å²) >= 11 is 0. The van der Waals surface area contributed by atoms with Gasteiger partial charge in [-0.25, -0.2) is 4.79 Å². The number of hydrogen-bond donors (Lipinski definition) is 3. The summed E-state index contributed by atoms with van der Waals surface area (Å²) < 4.78 is 0. The lowest BCUT2D eigenvalue weighted by Crippen LogP contribution is -2.25. The average Bonchev–Trinajstić information content (AvgIpc) is 3.19. The number of rotatable bonds is 5. The highest BCUT2D eigenvalue weighted by molar-refractivity contribution is 5.95. The molecule has 0 aliphatic heterocycles. The largest absolute Gasteiger partial charge is 0.478 e. The number of aromatic carboxylic acids is 1. The molecule has 2 fully saturated rings. The highest BCUT2D eigenvalue weighted by Gasteiger charge is 2.41. The Balaban J connectivity index is 1.84. The first-order valence-corrected chi connectivity index (χ1v) is 6.54. The molecule has 2 aliphatic carbocycles. The summed E-state index contributed by atoms with van der Waals surface area (Å²) in [6, 6.07) is 5.52. The molecule has 3 rings (SSSR count). The van der Waals surface area contributed by atoms with Gasteiger partial charge in [-0.05, 0) is 55.7 Å². The van der Waals surface area contributed by atoms with Crippen molar-refractivity contribution in [1.82, 2.24) is 0 Å². The molecule has 1 aromatic rings. The van der Waals surface area contributed by atoms with Crippen LogP contribution < -0.4 is 11.1 Å². The fourth-order valence-corrected chi connectivity index (χ4v) is 2.58. The predicted octanol–water partition coefficient (Wildman–Crippen LogP) is 2.57. The van der Waals surface area contributed by atoms with Crippen molar-refractivity contribution in [3.05, 3.63) is 23.8 Å². The number of benzene rings is 1. The minimum atomic E-state index is -0.921. The van der Waals surface area contributed by atoms with E-state index in [1.165, 1.54) is 31.7 Å². The Morgan fingerprint density at radius 3 is 2.39 bits per heavy atom. The lowest BCUT2D eigenvalue weighted by Gasteiger charge is -2.20. The molecule has 18 heavy (non-hydrogen) atoms. The van der Waals surface area contributed by atoms with Gasteiger partial charge < -0.3 is 16.2 Å². The van der Waals surface area contributed by atoms with Crippen molar-refractivity contribution in [3.8, 4) is 0 Å². The number of carboxylic acid groups (broad SMARTS) is 1. The zero-order valence-electron chi connectivity index (χ0n) is 10.2. The van der Waals surface area contributed by atoms with Crippen LogP contribution in [0.25, 0.3) is 0 Å². The van der Waals surface area contributed by atoms with Crippen molar-refractivity contribution in [1.29, 1.82) is 0 Å². The first-order valence-electron chi connectivity index (χ1n) is 6.54. The number of nitrogens with one attached hydrogen (secondary N) is 1. The number of carbonyl (C=O) groups is 1. The minimum absolute atomic E-state index is 0.279. The summed E-state index contributed by atoms with van der Waals surface area (Å²) in [5.41, 5.74) is 7.13. The molecule has 0 saturated heterocycles. The lowest BCUT2D eigenvalue weighted by molar-refractivity contribution is 0.0698. The number of hydrogen-bond acceptors (Lipinski definition) is 3. The molecule has 96 valence electrons. The first-order chi connectivity index (χ1) is 8.65. The molecule has 1 aromatic carbocycles. The van der Waals surface area contributed by atoms with Gasteiger partial charge in [-0.3, -0.25) is 0 Å². The molecule has 0 bridgehead atoms. The maximum atomic E-state index is 11.2. The van der Waals surface area contributed by atoms with E-state index >= 15 is 0 Å². The highest BCUT2D eigenvalue weighted by Crippen LogP contribution is 2.46. The Kier molecular flexibility index (Phi) is 2.65. The standard InChI is InChI=1S/C14H18N2O2/c15-10-5-6-12(11(7-10)14(17)18)16-13(8-1-2-8)9-3-4-9/h5-9,13,16H,1-4,15H2,(H,17,18). The Morgan fingerprint density at radius 2 is 1.89 bits per heavy atom. The van der Waals surface area contributed by atoms with Gasteiger partial charge in [-0.15, -0.1) is 0 Å². The van der Waals surface area contributed by atoms with Crippen molar-refractivity contribution in [2.75, 3.05) is 11.1 Å². The number of nitrogens with two attached hydrogens (primary N) is 1. The van der Waals surface area contributed by atoms with Crippen LogP contribution in [-0.2, 0) is 0 Å². The van der Waals surface area contributed by atoms with Gasteiger partial charge in [-0.1, -0.05) is 0 Å². The summed E-state index contributed by atoms with van der Waals surface area (Å²) in [4.78, 5) is 11.2. The Hall–Kier alpha value is -1.71. The van der Waals surface area contributed by atoms with E-state index in [-0.39, 0.29) is 5.56 Å². The Bertz CT molecular complexity index is 467. The van der Waals surface area contributed by atoms with Crippen molar-refractivity contribution < 1.29 is 9.90 Å². The molecule has 0 unspecified atom stereocenters. The summed E-state index contributed by atoms with van der Waals surface area (Å²) in [6.07, 6.45) is 5.08. The molecule has 0 atom stereocenters. The second-order valence-electron chi connectivity index (χ2n) is 5.46. The van der Waals surface area contributed by atoms with E-state index in [9.17, 15) is 9.90 Å². The fourth-order valence-electron chi connectivity index (χ4n) is 2.58. The monoisotopic (exact) mass is 246 g/mol. The molecule has 4 heteroatoms. The van der Waals surface area contributed by atoms with Crippen molar-refractivity contribution in [2.24, 2.45) is 11.8 Å². The van der Waals surface area contributed by atoms with Gasteiger partial charge in [0.1, 0.15) is 0 Å². The molecular formula is C14H18N2O2. The van der Waals surface area contributed by atoms with E-state index in [0.717, 1.165) is 11.8 Å². The van der Waals surface area contributed by atoms with Crippen LogP contribution in [0.3, 0.4) is 0 Å². The number of anilines is 2. The summed E-state index contributed by atoms with van der Waals surface area (Å²) in [7, 11) is 0. The van der Waals surface area contributed by atoms with Crippen LogP contribution in [0.1, 0.15) is 36.0 Å². The van der Waals surface area contributed by atoms with Crippen LogP contribution >= 0.6 is 0 Å². The molecular weight excluding hydrogens is 228 g/mol. The molecule has 0 spiro atoms. The molecule has 2 saturated carbocycles. The quantitative estimate of drug-likeness (QED) is 0.698. The first kappa shape index (κ1) is 11.4. The van der Waals surface area contributed by atoms with Gasteiger partial charge in [-0.2, -0.15) is 0 Å². The Morgan fingerprint density at radius 1 is 1.28 bits per heavy atom. The van der Waals surface area contributed by atoms with Crippen LogP contribution in [0, 0.1) is 11.8 Å². The van der Waals surface area contributed by atoms with E-state index in [1.54, 1.807) is 12.1 Å². The normalized spacial score (nSPS) is 18.9. The molecule has 0 aromatic heterocycles. The third kappa shape index (κ3) is 2.28. The zero-order valence-corrected chi connectivity index (χ0v) is 10.2. The smallest absolute Gasteiger partial charge is 0.337 e. The van der Waals surface area contributed by atoms with Gasteiger partial charge in [0, 0.05) is 17.4 Å². The topological polar surface area (TPSA) is 75.3 Å². The molecule has 4 N–H and O–H groups in total. The second kappa shape index (κ2) is 4.19. The fraction of sp³-hybridized carbons (Fsp3) is 0.500. The van der Waals surface area contributed by atoms with Gasteiger partial charge in [0.15, 0.2) is 0 Å². The SMILES string of the molecule is Nc1ccc(NC(C2CC2)C2CC2)c(C(=O)O)c1. The molecule has 4 nitrogen and oxygen atoms in total. The van der Waals surface area contributed by atoms with E-state index in [1.807, 2.05) is 0 Å². The second-order valence-corrected chi connectivity index (χ2v) is 5.46. The van der Waals surface area contributed by atoms with Crippen LogP contribution in [0.2, 0.25) is 0 Å². The average molecular weight is 246 g/mol. The molecule has 0 amide bonds. The summed E-state index contributed by atoms with van der Waals surface area (Å²) in [6.45, 7) is 0. The minimum Gasteiger partial charge on any atom is -0.478 e. The van der Waals surface area contributed by atoms with Crippen molar-refractivity contribution in [3.63, 3.8) is 0 Å². The van der Waals surface area contributed by atoms with Gasteiger partial charge in [0.2, 0.25) is 0 Å². The van der Waals surface area contributed by atoms with Crippen LogP contribution in [0.5, 0.6) is 0 Å². The maximum absolute atomic E-state index is 11.2. The predicted molar refractivity (Wildman–Crippen MR) is 70.7 cm³/mol. The van der Waals surface area contributed by atoms with Crippen molar-refractivity contribution >= 4 is 17.3 Å². The Labute approximate surface area is 106 Å². The van der Waals surface area contributed by atoms with Crippen LogP contribution in [0.4, 0.5) is 11.4 Å². The number of nitrogen functional groups attached to an aromatic ring is 1. The van der Waals surface area contributed by atoms with E-state index in [2.05, 4.69) is 5.32 Å². The van der Waals surface area contributed by atoms with E-state index < -0.39 is 5.97 Å². The third-order valence-electron chi connectivity index (χ3n) is 3.86. The third-order valence-corrected chi connectivity index (χ3v) is 3.86. The van der Waals surface area contributed by atoms with Crippen LogP contribution in [-0.4, -0.2) is 17.1 Å². The number of carboxylic acids is 1. The molecule has 0 radical (unpaired) electrons. The van der Waals surface area contributed by atoms with Crippen molar-refractivity contribution in [2.45, 2.75) is 31.7 Å². The molecule has 0 heterocycles. The van der Waals surface area contributed by atoms with Crippen LogP contribution in [0.15, 0.2) is 18.2 Å². The molecule has 2 aliphatic rings. The maximum Gasteiger partial charge on any atom is 0.337 e. The highest BCUT2D eigenvalue weighted by atomic mass is 16.4. The zero-order chi connectivity index (χ0) is 12.7. The van der Waals surface area contributed by atoms with Gasteiger partial charge in [0.05, 0.1) is 5.56 Å². The summed E-state index contributed by atoms with van der Waals surface area (Å²) in [5.74, 6) is 0.545. The van der Waals surface area contributed by atoms with E-state index in [0.29, 0.717) is 17.4 Å². The lowest BCUT2D eigenvalue weighted by atomic mass is 10.1. The summed E-state index contributed by atoms with van der Waals surface area (Å²) in [5, 5.41) is 12.7.